The fraction of sp³-hybridized carbons (Fsp3) is 0.700. The van der Waals surface area contributed by atoms with Crippen molar-refractivity contribution in [1.82, 2.24) is 0 Å². The number of carbonyl (C=O) groups excluding carboxylic acids is 2. The first-order valence-electron chi connectivity index (χ1n) is 9.15. The molecule has 0 spiro atoms. The van der Waals surface area contributed by atoms with Gasteiger partial charge in [0.05, 0.1) is 0 Å². The van der Waals surface area contributed by atoms with Crippen molar-refractivity contribution in [1.29, 1.82) is 0 Å². The molecule has 130 valence electrons. The van der Waals surface area contributed by atoms with Crippen molar-refractivity contribution in [3.05, 3.63) is 23.3 Å². The molecule has 2 aliphatic carbocycles. The van der Waals surface area contributed by atoms with Gasteiger partial charge in [-0.05, 0) is 55.4 Å². The van der Waals surface area contributed by atoms with Crippen LogP contribution in [0.5, 0.6) is 0 Å². The Kier molecular flexibility index (Phi) is 3.45. The van der Waals surface area contributed by atoms with Gasteiger partial charge in [0.2, 0.25) is 0 Å². The minimum absolute atomic E-state index is 0.0142. The average molecular weight is 330 g/mol. The normalized spacial score (nSPS) is 43.7. The Bertz CT molecular complexity index is 661. The molecule has 24 heavy (non-hydrogen) atoms. The van der Waals surface area contributed by atoms with Gasteiger partial charge in [0.25, 0.3) is 0 Å². The number of cyclic esters (lactones) is 1. The molecule has 4 heteroatoms. The third kappa shape index (κ3) is 1.98. The highest BCUT2D eigenvalue weighted by Gasteiger charge is 2.64. The largest absolute Gasteiger partial charge is 0.458 e. The number of allylic oxidation sites excluding steroid dienone is 1. The summed E-state index contributed by atoms with van der Waals surface area (Å²) < 4.78 is 10.8. The minimum Gasteiger partial charge on any atom is -0.458 e. The Morgan fingerprint density at radius 3 is 2.71 bits per heavy atom. The van der Waals surface area contributed by atoms with Crippen molar-refractivity contribution < 1.29 is 19.1 Å². The van der Waals surface area contributed by atoms with Gasteiger partial charge >= 0.3 is 11.9 Å². The smallest absolute Gasteiger partial charge is 0.334 e. The number of carbonyl (C=O) groups is 2. The lowest BCUT2D eigenvalue weighted by Gasteiger charge is -2.57. The van der Waals surface area contributed by atoms with Crippen molar-refractivity contribution in [2.45, 2.75) is 59.0 Å². The summed E-state index contributed by atoms with van der Waals surface area (Å²) in [4.78, 5) is 24.1. The molecule has 4 rings (SSSR count). The second-order valence-corrected chi connectivity index (χ2v) is 8.39. The van der Waals surface area contributed by atoms with Gasteiger partial charge in [-0.1, -0.05) is 26.8 Å². The molecule has 0 bridgehead atoms. The number of esters is 2. The van der Waals surface area contributed by atoms with E-state index in [0.717, 1.165) is 43.3 Å². The molecule has 0 aromatic rings. The van der Waals surface area contributed by atoms with Gasteiger partial charge in [0, 0.05) is 16.6 Å². The van der Waals surface area contributed by atoms with E-state index in [4.69, 9.17) is 9.47 Å². The zero-order valence-corrected chi connectivity index (χ0v) is 14.8. The summed E-state index contributed by atoms with van der Waals surface area (Å²) >= 11 is 0. The fourth-order valence-corrected chi connectivity index (χ4v) is 5.78. The molecule has 0 aromatic heterocycles. The van der Waals surface area contributed by atoms with Gasteiger partial charge in [-0.15, -0.1) is 0 Å². The van der Waals surface area contributed by atoms with E-state index in [0.29, 0.717) is 18.4 Å². The number of hydrogen-bond acceptors (Lipinski definition) is 4. The standard InChI is InChI=1S/C20H26O4/c1-12-11-16-20(3)14(18(22)24-16)5-4-6-15(20)19(12,2)9-7-13-8-10-23-17(13)21/h5,8,12,15-16H,4,6-7,9-11H2,1-3H3. The maximum absolute atomic E-state index is 12.3. The van der Waals surface area contributed by atoms with Crippen LogP contribution < -0.4 is 0 Å². The highest BCUT2D eigenvalue weighted by atomic mass is 16.6. The van der Waals surface area contributed by atoms with Gasteiger partial charge in [-0.3, -0.25) is 0 Å². The van der Waals surface area contributed by atoms with Crippen LogP contribution in [0, 0.1) is 22.7 Å². The van der Waals surface area contributed by atoms with Crippen molar-refractivity contribution in [2.24, 2.45) is 22.7 Å². The van der Waals surface area contributed by atoms with Gasteiger partial charge in [0.15, 0.2) is 0 Å². The van der Waals surface area contributed by atoms with Gasteiger partial charge in [-0.2, -0.15) is 0 Å². The molecular weight excluding hydrogens is 304 g/mol. The first kappa shape index (κ1) is 15.9. The van der Waals surface area contributed by atoms with Crippen LogP contribution in [0.15, 0.2) is 23.3 Å². The quantitative estimate of drug-likeness (QED) is 0.743. The number of ether oxygens (including phenoxy) is 2. The Morgan fingerprint density at radius 1 is 1.21 bits per heavy atom. The molecule has 2 aliphatic heterocycles. The molecule has 4 nitrogen and oxygen atoms in total. The molecule has 5 unspecified atom stereocenters. The monoisotopic (exact) mass is 330 g/mol. The zero-order chi connectivity index (χ0) is 17.1. The molecule has 5 atom stereocenters. The third-order valence-corrected chi connectivity index (χ3v) is 7.47. The summed E-state index contributed by atoms with van der Waals surface area (Å²) in [5.41, 5.74) is 1.66. The van der Waals surface area contributed by atoms with E-state index < -0.39 is 0 Å². The minimum atomic E-state index is -0.166. The van der Waals surface area contributed by atoms with Crippen molar-refractivity contribution in [3.8, 4) is 0 Å². The van der Waals surface area contributed by atoms with E-state index in [2.05, 4.69) is 26.8 Å². The molecule has 4 aliphatic rings. The maximum atomic E-state index is 12.3. The van der Waals surface area contributed by atoms with Crippen LogP contribution in [0.25, 0.3) is 0 Å². The Labute approximate surface area is 143 Å². The second-order valence-electron chi connectivity index (χ2n) is 8.39. The molecule has 0 aromatic carbocycles. The predicted octanol–water partition coefficient (Wildman–Crippen LogP) is 3.56. The number of hydrogen-bond donors (Lipinski definition) is 0. The van der Waals surface area contributed by atoms with Crippen LogP contribution in [0.3, 0.4) is 0 Å². The van der Waals surface area contributed by atoms with E-state index in [1.54, 1.807) is 0 Å². The Balaban J connectivity index is 1.64. The van der Waals surface area contributed by atoms with Crippen LogP contribution in [-0.2, 0) is 19.1 Å². The van der Waals surface area contributed by atoms with E-state index >= 15 is 0 Å². The summed E-state index contributed by atoms with van der Waals surface area (Å²) in [5.74, 6) is 0.618. The summed E-state index contributed by atoms with van der Waals surface area (Å²) in [6.07, 6.45) is 8.72. The highest BCUT2D eigenvalue weighted by Crippen LogP contribution is 2.65. The Hall–Kier alpha value is -1.58. The van der Waals surface area contributed by atoms with E-state index in [1.165, 1.54) is 0 Å². The summed E-state index contributed by atoms with van der Waals surface area (Å²) in [6, 6.07) is 0. The SMILES string of the molecule is CC1CC2OC(=O)C3=CCCC(C1(C)CCC1=CCOC1=O)C32C. The summed E-state index contributed by atoms with van der Waals surface area (Å²) in [7, 11) is 0. The average Bonchev–Trinajstić information content (AvgIpc) is 3.05. The Morgan fingerprint density at radius 2 is 2.00 bits per heavy atom. The third-order valence-electron chi connectivity index (χ3n) is 7.47. The van der Waals surface area contributed by atoms with E-state index in [9.17, 15) is 9.59 Å². The van der Waals surface area contributed by atoms with Gasteiger partial charge in [0.1, 0.15) is 12.7 Å². The van der Waals surface area contributed by atoms with E-state index in [-0.39, 0.29) is 28.9 Å². The highest BCUT2D eigenvalue weighted by molar-refractivity contribution is 5.93. The molecule has 0 radical (unpaired) electrons. The summed E-state index contributed by atoms with van der Waals surface area (Å²) in [5, 5.41) is 0. The molecule has 0 N–H and O–H groups in total. The summed E-state index contributed by atoms with van der Waals surface area (Å²) in [6.45, 7) is 7.28. The van der Waals surface area contributed by atoms with Gasteiger partial charge in [-0.25, -0.2) is 9.59 Å². The topological polar surface area (TPSA) is 52.6 Å². The lowest BCUT2D eigenvalue weighted by Crippen LogP contribution is -2.54. The number of rotatable bonds is 3. The lowest BCUT2D eigenvalue weighted by atomic mass is 9.46. The fourth-order valence-electron chi connectivity index (χ4n) is 5.78. The molecular formula is C20H26O4. The van der Waals surface area contributed by atoms with Crippen molar-refractivity contribution in [2.75, 3.05) is 6.61 Å². The molecule has 2 fully saturated rings. The predicted molar refractivity (Wildman–Crippen MR) is 89.0 cm³/mol. The zero-order valence-electron chi connectivity index (χ0n) is 14.8. The first-order valence-corrected chi connectivity index (χ1v) is 9.15. The molecule has 1 saturated heterocycles. The lowest BCUT2D eigenvalue weighted by molar-refractivity contribution is -0.148. The molecule has 1 saturated carbocycles. The second kappa shape index (κ2) is 5.21. The van der Waals surface area contributed by atoms with Crippen LogP contribution in [0.4, 0.5) is 0 Å². The first-order chi connectivity index (χ1) is 11.4. The maximum Gasteiger partial charge on any atom is 0.334 e. The molecule has 0 amide bonds. The van der Waals surface area contributed by atoms with E-state index in [1.807, 2.05) is 6.08 Å². The van der Waals surface area contributed by atoms with Crippen molar-refractivity contribution >= 4 is 11.9 Å². The van der Waals surface area contributed by atoms with Crippen LogP contribution in [-0.4, -0.2) is 24.6 Å². The van der Waals surface area contributed by atoms with Crippen LogP contribution in [0.1, 0.15) is 52.9 Å². The van der Waals surface area contributed by atoms with Crippen molar-refractivity contribution in [3.63, 3.8) is 0 Å². The van der Waals surface area contributed by atoms with Crippen LogP contribution >= 0.6 is 0 Å². The van der Waals surface area contributed by atoms with Crippen LogP contribution in [0.2, 0.25) is 0 Å². The molecule has 2 heterocycles. The van der Waals surface area contributed by atoms with Gasteiger partial charge < -0.3 is 9.47 Å².